The molecule has 0 amide bonds. The summed E-state index contributed by atoms with van der Waals surface area (Å²) in [6.07, 6.45) is 0. The van der Waals surface area contributed by atoms with Crippen molar-refractivity contribution >= 4 is 11.6 Å². The van der Waals surface area contributed by atoms with Crippen LogP contribution in [0.25, 0.3) is 0 Å². The van der Waals surface area contributed by atoms with Gasteiger partial charge < -0.3 is 0 Å². The fraction of sp³-hybridized carbons (Fsp3) is 0.733. The highest BCUT2D eigenvalue weighted by Crippen LogP contribution is 2.16. The number of nitrogens with one attached hydrogen (secondary N) is 1. The van der Waals surface area contributed by atoms with Crippen molar-refractivity contribution in [3.8, 4) is 0 Å². The molecule has 0 fully saturated rings. The van der Waals surface area contributed by atoms with Gasteiger partial charge in [-0.05, 0) is 33.6 Å². The van der Waals surface area contributed by atoms with Crippen LogP contribution < -0.4 is 11.2 Å². The van der Waals surface area contributed by atoms with Crippen LogP contribution in [0.3, 0.4) is 0 Å². The van der Waals surface area contributed by atoms with Crippen molar-refractivity contribution in [1.29, 1.82) is 0 Å². The SMILES string of the molecule is CC(C)c1c(Cl)[nH]c(=O)n(CCN(C(C)C)C(C)C)c1=O. The molecule has 120 valence electrons. The molecule has 0 bridgehead atoms. The molecule has 1 aromatic heterocycles. The zero-order valence-corrected chi connectivity index (χ0v) is 14.5. The summed E-state index contributed by atoms with van der Waals surface area (Å²) < 4.78 is 1.25. The fourth-order valence-electron chi connectivity index (χ4n) is 2.59. The van der Waals surface area contributed by atoms with E-state index in [9.17, 15) is 9.59 Å². The number of aromatic amines is 1. The molecule has 0 spiro atoms. The molecule has 0 aliphatic rings. The van der Waals surface area contributed by atoms with E-state index in [2.05, 4.69) is 37.6 Å². The highest BCUT2D eigenvalue weighted by molar-refractivity contribution is 6.30. The smallest absolute Gasteiger partial charge is 0.297 e. The molecule has 1 heterocycles. The van der Waals surface area contributed by atoms with Crippen molar-refractivity contribution in [2.75, 3.05) is 6.54 Å². The molecule has 21 heavy (non-hydrogen) atoms. The maximum Gasteiger partial charge on any atom is 0.329 e. The van der Waals surface area contributed by atoms with E-state index in [0.29, 0.717) is 30.7 Å². The number of halogens is 1. The Morgan fingerprint density at radius 2 is 1.62 bits per heavy atom. The van der Waals surface area contributed by atoms with Crippen LogP contribution in [0.2, 0.25) is 5.15 Å². The first-order valence-electron chi connectivity index (χ1n) is 7.45. The molecule has 1 aromatic rings. The quantitative estimate of drug-likeness (QED) is 0.820. The summed E-state index contributed by atoms with van der Waals surface area (Å²) in [5.74, 6) is -0.0283. The standard InChI is InChI=1S/C15H26ClN3O2/c1-9(2)12-13(16)17-15(21)19(14(12)20)8-7-18(10(3)4)11(5)6/h9-11H,7-8H2,1-6H3,(H,17,21). The molecule has 0 aliphatic heterocycles. The molecule has 0 radical (unpaired) electrons. The van der Waals surface area contributed by atoms with E-state index >= 15 is 0 Å². The Bertz CT molecular complexity index is 580. The van der Waals surface area contributed by atoms with Gasteiger partial charge in [0.1, 0.15) is 5.15 Å². The second-order valence-corrected chi connectivity index (χ2v) is 6.57. The van der Waals surface area contributed by atoms with Crippen molar-refractivity contribution in [2.45, 2.75) is 66.1 Å². The van der Waals surface area contributed by atoms with Crippen LogP contribution in [0.4, 0.5) is 0 Å². The van der Waals surface area contributed by atoms with Crippen molar-refractivity contribution in [3.63, 3.8) is 0 Å². The van der Waals surface area contributed by atoms with Crippen molar-refractivity contribution in [3.05, 3.63) is 31.6 Å². The van der Waals surface area contributed by atoms with E-state index < -0.39 is 5.69 Å². The molecule has 6 heteroatoms. The average molecular weight is 316 g/mol. The van der Waals surface area contributed by atoms with Gasteiger partial charge in [-0.3, -0.25) is 19.2 Å². The molecule has 0 saturated carbocycles. The highest BCUT2D eigenvalue weighted by atomic mass is 35.5. The van der Waals surface area contributed by atoms with Crippen LogP contribution in [-0.2, 0) is 6.54 Å². The Morgan fingerprint density at radius 1 is 1.10 bits per heavy atom. The van der Waals surface area contributed by atoms with E-state index in [1.54, 1.807) is 0 Å². The number of rotatable bonds is 6. The number of hydrogen-bond acceptors (Lipinski definition) is 3. The summed E-state index contributed by atoms with van der Waals surface area (Å²) in [5.41, 5.74) is -0.259. The maximum atomic E-state index is 12.4. The average Bonchev–Trinajstić information content (AvgIpc) is 2.31. The van der Waals surface area contributed by atoms with Gasteiger partial charge in [0.05, 0.1) is 5.56 Å². The van der Waals surface area contributed by atoms with Crippen LogP contribution >= 0.6 is 11.6 Å². The normalized spacial score (nSPS) is 12.1. The molecule has 0 aromatic carbocycles. The Balaban J connectivity index is 3.13. The first kappa shape index (κ1) is 18.0. The Labute approximate surface area is 130 Å². The zero-order chi connectivity index (χ0) is 16.3. The molecule has 0 saturated heterocycles. The predicted octanol–water partition coefficient (Wildman–Crippen LogP) is 2.43. The van der Waals surface area contributed by atoms with Gasteiger partial charge in [-0.1, -0.05) is 25.4 Å². The molecular formula is C15H26ClN3O2. The Hall–Kier alpha value is -1.07. The van der Waals surface area contributed by atoms with E-state index in [4.69, 9.17) is 11.6 Å². The summed E-state index contributed by atoms with van der Waals surface area (Å²) >= 11 is 5.99. The molecule has 1 rings (SSSR count). The van der Waals surface area contributed by atoms with Crippen LogP contribution in [0, 0.1) is 0 Å². The van der Waals surface area contributed by atoms with Gasteiger partial charge in [0.25, 0.3) is 5.56 Å². The highest BCUT2D eigenvalue weighted by Gasteiger charge is 2.18. The lowest BCUT2D eigenvalue weighted by molar-refractivity contribution is 0.166. The van der Waals surface area contributed by atoms with Crippen molar-refractivity contribution < 1.29 is 0 Å². The van der Waals surface area contributed by atoms with Crippen LogP contribution in [0.1, 0.15) is 53.0 Å². The van der Waals surface area contributed by atoms with Crippen LogP contribution in [0.15, 0.2) is 9.59 Å². The first-order chi connectivity index (χ1) is 9.66. The predicted molar refractivity (Wildman–Crippen MR) is 87.4 cm³/mol. The minimum atomic E-state index is -0.443. The van der Waals surface area contributed by atoms with Gasteiger partial charge in [0, 0.05) is 25.2 Å². The van der Waals surface area contributed by atoms with Gasteiger partial charge >= 0.3 is 5.69 Å². The van der Waals surface area contributed by atoms with E-state index in [1.807, 2.05) is 13.8 Å². The number of H-pyrrole nitrogens is 1. The molecule has 0 aliphatic carbocycles. The fourth-order valence-corrected chi connectivity index (χ4v) is 2.97. The van der Waals surface area contributed by atoms with Gasteiger partial charge in [-0.2, -0.15) is 0 Å². The third kappa shape index (κ3) is 4.20. The molecule has 1 N–H and O–H groups in total. The second-order valence-electron chi connectivity index (χ2n) is 6.19. The van der Waals surface area contributed by atoms with Crippen LogP contribution in [0.5, 0.6) is 0 Å². The molecule has 5 nitrogen and oxygen atoms in total. The lowest BCUT2D eigenvalue weighted by Gasteiger charge is -2.30. The van der Waals surface area contributed by atoms with Crippen LogP contribution in [-0.4, -0.2) is 33.1 Å². The topological polar surface area (TPSA) is 58.1 Å². The number of aromatic nitrogens is 2. The Morgan fingerprint density at radius 3 is 2.05 bits per heavy atom. The summed E-state index contributed by atoms with van der Waals surface area (Å²) in [4.78, 5) is 29.2. The van der Waals surface area contributed by atoms with Gasteiger partial charge in [-0.25, -0.2) is 4.79 Å². The lowest BCUT2D eigenvalue weighted by atomic mass is 10.1. The summed E-state index contributed by atoms with van der Waals surface area (Å²) in [6, 6.07) is 0.716. The molecular weight excluding hydrogens is 290 g/mol. The minimum Gasteiger partial charge on any atom is -0.297 e. The van der Waals surface area contributed by atoms with Gasteiger partial charge in [0.2, 0.25) is 0 Å². The molecule has 0 atom stereocenters. The van der Waals surface area contributed by atoms with Crippen molar-refractivity contribution in [1.82, 2.24) is 14.5 Å². The lowest BCUT2D eigenvalue weighted by Crippen LogP contribution is -2.44. The second kappa shape index (κ2) is 7.27. The number of nitrogens with zero attached hydrogens (tertiary/aromatic N) is 2. The monoisotopic (exact) mass is 315 g/mol. The minimum absolute atomic E-state index is 0.0283. The third-order valence-corrected chi connectivity index (χ3v) is 3.96. The first-order valence-corrected chi connectivity index (χ1v) is 7.82. The summed E-state index contributed by atoms with van der Waals surface area (Å²) in [6.45, 7) is 13.2. The number of hydrogen-bond donors (Lipinski definition) is 1. The van der Waals surface area contributed by atoms with E-state index in [-0.39, 0.29) is 16.6 Å². The van der Waals surface area contributed by atoms with E-state index in [0.717, 1.165) is 0 Å². The largest absolute Gasteiger partial charge is 0.329 e. The Kier molecular flexibility index (Phi) is 6.23. The van der Waals surface area contributed by atoms with E-state index in [1.165, 1.54) is 4.57 Å². The van der Waals surface area contributed by atoms with Gasteiger partial charge in [0.15, 0.2) is 0 Å². The summed E-state index contributed by atoms with van der Waals surface area (Å²) in [5, 5.41) is 0.154. The third-order valence-electron chi connectivity index (χ3n) is 3.66. The van der Waals surface area contributed by atoms with Gasteiger partial charge in [-0.15, -0.1) is 0 Å². The van der Waals surface area contributed by atoms with Crippen molar-refractivity contribution in [2.24, 2.45) is 0 Å². The summed E-state index contributed by atoms with van der Waals surface area (Å²) in [7, 11) is 0. The molecule has 0 unspecified atom stereocenters. The zero-order valence-electron chi connectivity index (χ0n) is 13.7. The maximum absolute atomic E-state index is 12.4.